The number of nitrogens with one attached hydrogen (secondary N) is 2. The van der Waals surface area contributed by atoms with Gasteiger partial charge in [-0.3, -0.25) is 9.59 Å². The van der Waals surface area contributed by atoms with E-state index in [0.717, 1.165) is 11.1 Å². The zero-order valence-electron chi connectivity index (χ0n) is 24.7. The number of nitrogens with two attached hydrogens (primary N) is 2. The SMILES string of the molecule is CCOC(=O)C(N)=CC(=N)C(=C1CCN(C(=O)C(=O)c2c[nH]c3c(N=CN=C(C)N)ncc(OC)c23)CC1)c1ccccc1. The summed E-state index contributed by atoms with van der Waals surface area (Å²) in [5.41, 5.74) is 14.2. The van der Waals surface area contributed by atoms with Gasteiger partial charge in [0.2, 0.25) is 0 Å². The van der Waals surface area contributed by atoms with Crippen LogP contribution in [0.15, 0.2) is 70.1 Å². The number of Topliss-reactive ketones (excluding diaryl/α,β-unsaturated/α-hetero) is 1. The van der Waals surface area contributed by atoms with Crippen molar-refractivity contribution in [1.82, 2.24) is 14.9 Å². The smallest absolute Gasteiger partial charge is 0.354 e. The minimum Gasteiger partial charge on any atom is -0.494 e. The van der Waals surface area contributed by atoms with Crippen molar-refractivity contribution in [2.75, 3.05) is 26.8 Å². The standard InChI is InChI=1S/C31H34N8O5/c1-4-44-31(42)23(34)14-22(33)25(19-8-6-5-7-9-19)20-10-12-39(13-11-20)30(41)28(40)21-15-35-27-26(21)24(43-3)16-36-29(27)38-17-37-18(2)32/h5-9,14-17,33,35H,4,10-13,34H2,1-3H3,(H2,32,36,37,38). The maximum absolute atomic E-state index is 13.5. The lowest BCUT2D eigenvalue weighted by Crippen LogP contribution is -2.40. The molecule has 0 radical (unpaired) electrons. The van der Waals surface area contributed by atoms with Crippen LogP contribution in [0.5, 0.6) is 5.75 Å². The summed E-state index contributed by atoms with van der Waals surface area (Å²) < 4.78 is 10.4. The van der Waals surface area contributed by atoms with Crippen LogP contribution in [0.4, 0.5) is 5.82 Å². The molecule has 0 bridgehead atoms. The summed E-state index contributed by atoms with van der Waals surface area (Å²) in [7, 11) is 1.44. The number of esters is 1. The summed E-state index contributed by atoms with van der Waals surface area (Å²) >= 11 is 0. The first-order valence-electron chi connectivity index (χ1n) is 13.9. The zero-order valence-corrected chi connectivity index (χ0v) is 24.7. The molecule has 0 unspecified atom stereocenters. The number of aromatic nitrogens is 2. The number of rotatable bonds is 10. The van der Waals surface area contributed by atoms with E-state index in [-0.39, 0.29) is 42.5 Å². The van der Waals surface area contributed by atoms with Gasteiger partial charge >= 0.3 is 5.97 Å². The second-order valence-electron chi connectivity index (χ2n) is 9.82. The van der Waals surface area contributed by atoms with E-state index in [2.05, 4.69) is 20.0 Å². The predicted molar refractivity (Wildman–Crippen MR) is 168 cm³/mol. The van der Waals surface area contributed by atoms with Gasteiger partial charge in [0.25, 0.3) is 11.7 Å². The highest BCUT2D eigenvalue weighted by Crippen LogP contribution is 2.34. The molecule has 2 aromatic heterocycles. The van der Waals surface area contributed by atoms with E-state index in [1.54, 1.807) is 13.8 Å². The van der Waals surface area contributed by atoms with Gasteiger partial charge in [0, 0.05) is 24.9 Å². The van der Waals surface area contributed by atoms with Crippen LogP contribution in [0, 0.1) is 5.41 Å². The second kappa shape index (κ2) is 14.1. The Morgan fingerprint density at radius 3 is 2.50 bits per heavy atom. The number of allylic oxidation sites excluding steroid dienone is 2. The molecule has 6 N–H and O–H groups in total. The molecule has 0 atom stereocenters. The Hall–Kier alpha value is -5.59. The number of benzene rings is 1. The molecule has 13 nitrogen and oxygen atoms in total. The van der Waals surface area contributed by atoms with Crippen LogP contribution in [-0.2, 0) is 14.3 Å². The fraction of sp³-hybridized carbons (Fsp3) is 0.258. The van der Waals surface area contributed by atoms with Gasteiger partial charge in [-0.1, -0.05) is 35.9 Å². The Kier molecular flexibility index (Phi) is 10.0. The zero-order chi connectivity index (χ0) is 31.8. The number of methoxy groups -OCH3 is 1. The topological polar surface area (TPSA) is 202 Å². The highest BCUT2D eigenvalue weighted by Gasteiger charge is 2.30. The monoisotopic (exact) mass is 598 g/mol. The normalized spacial score (nSPS) is 14.2. The van der Waals surface area contributed by atoms with E-state index in [1.165, 1.54) is 36.8 Å². The van der Waals surface area contributed by atoms with Crippen molar-refractivity contribution in [3.05, 3.63) is 71.2 Å². The molecule has 3 aromatic rings. The molecule has 0 aliphatic carbocycles. The molecule has 228 valence electrons. The van der Waals surface area contributed by atoms with Gasteiger partial charge in [-0.25, -0.2) is 19.8 Å². The number of pyridine rings is 1. The number of likely N-dealkylation sites (tertiary alicyclic amines) is 1. The summed E-state index contributed by atoms with van der Waals surface area (Å²) in [6, 6.07) is 9.31. The minimum absolute atomic E-state index is 0.0536. The first kappa shape index (κ1) is 31.3. The number of H-pyrrole nitrogens is 1. The lowest BCUT2D eigenvalue weighted by Gasteiger charge is -2.29. The van der Waals surface area contributed by atoms with Gasteiger partial charge in [-0.2, -0.15) is 0 Å². The molecule has 1 aromatic carbocycles. The van der Waals surface area contributed by atoms with Crippen LogP contribution in [0.2, 0.25) is 0 Å². The van der Waals surface area contributed by atoms with Gasteiger partial charge in [0.1, 0.15) is 17.8 Å². The van der Waals surface area contributed by atoms with Crippen molar-refractivity contribution in [2.24, 2.45) is 21.5 Å². The van der Waals surface area contributed by atoms with Crippen LogP contribution < -0.4 is 16.2 Å². The number of piperidine rings is 1. The Balaban J connectivity index is 1.59. The van der Waals surface area contributed by atoms with Crippen molar-refractivity contribution >= 4 is 57.8 Å². The van der Waals surface area contributed by atoms with Gasteiger partial charge in [-0.05, 0) is 38.3 Å². The maximum atomic E-state index is 13.5. The van der Waals surface area contributed by atoms with E-state index in [9.17, 15) is 14.4 Å². The van der Waals surface area contributed by atoms with Crippen molar-refractivity contribution in [3.8, 4) is 5.75 Å². The van der Waals surface area contributed by atoms with E-state index in [4.69, 9.17) is 26.4 Å². The third-order valence-corrected chi connectivity index (χ3v) is 6.90. The second-order valence-corrected chi connectivity index (χ2v) is 9.82. The Morgan fingerprint density at radius 1 is 1.16 bits per heavy atom. The fourth-order valence-electron chi connectivity index (χ4n) is 4.86. The molecule has 0 saturated carbocycles. The third-order valence-electron chi connectivity index (χ3n) is 6.90. The van der Waals surface area contributed by atoms with Crippen LogP contribution in [0.25, 0.3) is 16.5 Å². The van der Waals surface area contributed by atoms with Gasteiger partial charge in [0.15, 0.2) is 5.82 Å². The number of hydrogen-bond donors (Lipinski definition) is 4. The molecular weight excluding hydrogens is 564 g/mol. The van der Waals surface area contributed by atoms with Crippen molar-refractivity contribution < 1.29 is 23.9 Å². The van der Waals surface area contributed by atoms with Gasteiger partial charge < -0.3 is 36.2 Å². The van der Waals surface area contributed by atoms with Crippen LogP contribution in [-0.4, -0.2) is 77.2 Å². The van der Waals surface area contributed by atoms with E-state index < -0.39 is 17.7 Å². The number of aromatic amines is 1. The molecule has 1 aliphatic rings. The summed E-state index contributed by atoms with van der Waals surface area (Å²) in [4.78, 5) is 55.9. The molecule has 44 heavy (non-hydrogen) atoms. The number of carbonyl (C=O) groups excluding carboxylic acids is 3. The third kappa shape index (κ3) is 6.89. The predicted octanol–water partition coefficient (Wildman–Crippen LogP) is 3.29. The summed E-state index contributed by atoms with van der Waals surface area (Å²) in [5, 5.41) is 9.15. The first-order chi connectivity index (χ1) is 21.2. The van der Waals surface area contributed by atoms with E-state index in [0.29, 0.717) is 40.9 Å². The molecule has 13 heteroatoms. The lowest BCUT2D eigenvalue weighted by atomic mass is 9.89. The molecule has 1 saturated heterocycles. The number of ether oxygens (including phenoxy) is 2. The van der Waals surface area contributed by atoms with Crippen molar-refractivity contribution in [3.63, 3.8) is 0 Å². The molecule has 1 aliphatic heterocycles. The highest BCUT2D eigenvalue weighted by atomic mass is 16.5. The first-order valence-corrected chi connectivity index (χ1v) is 13.9. The van der Waals surface area contributed by atoms with E-state index >= 15 is 0 Å². The number of fused-ring (bicyclic) bond motifs is 1. The number of ketones is 1. The van der Waals surface area contributed by atoms with E-state index in [1.807, 2.05) is 30.3 Å². The highest BCUT2D eigenvalue weighted by molar-refractivity contribution is 6.45. The summed E-state index contributed by atoms with van der Waals surface area (Å²) in [5.74, 6) is -1.20. The minimum atomic E-state index is -0.708. The fourth-order valence-corrected chi connectivity index (χ4v) is 4.86. The number of carbonyl (C=O) groups is 3. The average Bonchev–Trinajstić information content (AvgIpc) is 3.47. The summed E-state index contributed by atoms with van der Waals surface area (Å²) in [6.45, 7) is 3.97. The number of amidine groups is 1. The Labute approximate surface area is 253 Å². The van der Waals surface area contributed by atoms with Gasteiger partial charge in [0.05, 0.1) is 47.9 Å². The average molecular weight is 599 g/mol. The summed E-state index contributed by atoms with van der Waals surface area (Å²) in [6.07, 6.45) is 6.23. The lowest BCUT2D eigenvalue weighted by molar-refractivity contribution is -0.138. The number of nitrogens with zero attached hydrogens (tertiary/aromatic N) is 4. The largest absolute Gasteiger partial charge is 0.494 e. The number of aliphatic imine (C=N–C) groups is 2. The molecular formula is C31H34N8O5. The molecule has 3 heterocycles. The van der Waals surface area contributed by atoms with Crippen LogP contribution in [0.3, 0.4) is 0 Å². The number of hydrogen-bond acceptors (Lipinski definition) is 9. The van der Waals surface area contributed by atoms with Crippen LogP contribution >= 0.6 is 0 Å². The van der Waals surface area contributed by atoms with Crippen molar-refractivity contribution in [2.45, 2.75) is 26.7 Å². The Bertz CT molecular complexity index is 1710. The Morgan fingerprint density at radius 2 is 1.86 bits per heavy atom. The number of amides is 1. The van der Waals surface area contributed by atoms with Crippen molar-refractivity contribution in [1.29, 1.82) is 5.41 Å². The molecule has 1 fully saturated rings. The van der Waals surface area contributed by atoms with Crippen LogP contribution in [0.1, 0.15) is 42.6 Å². The quantitative estimate of drug-likeness (QED) is 0.0679. The maximum Gasteiger partial charge on any atom is 0.354 e. The molecule has 4 rings (SSSR count). The van der Waals surface area contributed by atoms with Gasteiger partial charge in [-0.15, -0.1) is 0 Å². The molecule has 0 spiro atoms. The molecule has 1 amide bonds.